The minimum Gasteiger partial charge on any atom is -0.459 e. The number of carbonyl (C=O) groups excluding carboxylic acids is 10. The molecule has 1 aromatic rings. The van der Waals surface area contributed by atoms with Crippen molar-refractivity contribution in [2.75, 3.05) is 23.0 Å². The third kappa shape index (κ3) is 11.6. The van der Waals surface area contributed by atoms with Gasteiger partial charge in [-0.25, -0.2) is 19.4 Å². The molecule has 2 N–H and O–H groups in total. The molecule has 0 spiro atoms. The topological polar surface area (TPSA) is 220 Å². The minimum absolute atomic E-state index is 0.0325. The average molecular weight is 661 g/mol. The highest BCUT2D eigenvalue weighted by Gasteiger charge is 2.28. The van der Waals surface area contributed by atoms with Crippen LogP contribution in [0.5, 0.6) is 0 Å². The smallest absolute Gasteiger partial charge is 0.333 e. The Bertz CT molecular complexity index is 1540. The first-order chi connectivity index (χ1) is 22.6. The van der Waals surface area contributed by atoms with E-state index < -0.39 is 35.6 Å². The fraction of sp³-hybridized carbons (Fsp3) is 0.125. The molecule has 4 aliphatic heterocycles. The van der Waals surface area contributed by atoms with E-state index in [9.17, 15) is 47.9 Å². The van der Waals surface area contributed by atoms with E-state index in [0.29, 0.717) is 22.5 Å². The SMILES string of the molecule is C=C(C)C(=O)OCCOC(=O)C(=C)C.O=C1C=CC(=O)N1.O=C1C=CC(=O)N1.O=C1C=CC(=O)N1c1cccc(N2C(=O)C=CC2=O)c1. The van der Waals surface area contributed by atoms with Crippen LogP contribution < -0.4 is 20.4 Å². The van der Waals surface area contributed by atoms with Crippen molar-refractivity contribution >= 4 is 70.6 Å². The van der Waals surface area contributed by atoms with Gasteiger partial charge < -0.3 is 9.47 Å². The third-order valence-corrected chi connectivity index (χ3v) is 5.48. The molecule has 248 valence electrons. The lowest BCUT2D eigenvalue weighted by molar-refractivity contribution is -0.147. The largest absolute Gasteiger partial charge is 0.459 e. The van der Waals surface area contributed by atoms with Crippen molar-refractivity contribution in [3.05, 3.63) is 97.2 Å². The van der Waals surface area contributed by atoms with Crippen LogP contribution in [0.4, 0.5) is 11.4 Å². The number of hydrogen-bond acceptors (Lipinski definition) is 12. The molecule has 0 aromatic heterocycles. The molecule has 5 rings (SSSR count). The Hall–Kier alpha value is -6.84. The highest BCUT2D eigenvalue weighted by atomic mass is 16.6. The van der Waals surface area contributed by atoms with Crippen LogP contribution in [0.15, 0.2) is 97.2 Å². The average Bonchev–Trinajstić information content (AvgIpc) is 3.79. The van der Waals surface area contributed by atoms with E-state index in [1.165, 1.54) is 54.7 Å². The van der Waals surface area contributed by atoms with Gasteiger partial charge in [0, 0.05) is 59.8 Å². The quantitative estimate of drug-likeness (QED) is 0.173. The van der Waals surface area contributed by atoms with Crippen LogP contribution in [-0.2, 0) is 57.4 Å². The number of hydrogen-bond donors (Lipinski definition) is 2. The van der Waals surface area contributed by atoms with Gasteiger partial charge in [0.25, 0.3) is 47.3 Å². The van der Waals surface area contributed by atoms with Crippen molar-refractivity contribution in [3.63, 3.8) is 0 Å². The molecule has 0 aliphatic carbocycles. The van der Waals surface area contributed by atoms with Crippen molar-refractivity contribution in [2.24, 2.45) is 0 Å². The van der Waals surface area contributed by atoms with E-state index in [-0.39, 0.29) is 36.8 Å². The highest BCUT2D eigenvalue weighted by molar-refractivity contribution is 6.30. The van der Waals surface area contributed by atoms with E-state index in [1.54, 1.807) is 32.0 Å². The van der Waals surface area contributed by atoms with Crippen molar-refractivity contribution in [1.29, 1.82) is 0 Å². The monoisotopic (exact) mass is 660 g/mol. The zero-order valence-electron chi connectivity index (χ0n) is 25.6. The van der Waals surface area contributed by atoms with Crippen molar-refractivity contribution < 1.29 is 57.4 Å². The van der Waals surface area contributed by atoms with Gasteiger partial charge in [0.2, 0.25) is 0 Å². The summed E-state index contributed by atoms with van der Waals surface area (Å²) in [5.41, 5.74) is 1.26. The lowest BCUT2D eigenvalue weighted by atomic mass is 10.2. The predicted octanol–water partition coefficient (Wildman–Crippen LogP) is 0.168. The molecule has 0 fully saturated rings. The maximum atomic E-state index is 11.6. The minimum atomic E-state index is -0.489. The Morgan fingerprint density at radius 1 is 0.562 bits per heavy atom. The van der Waals surface area contributed by atoms with Gasteiger partial charge in [-0.1, -0.05) is 19.2 Å². The maximum Gasteiger partial charge on any atom is 0.333 e. The Morgan fingerprint density at radius 3 is 1.08 bits per heavy atom. The second-order valence-corrected chi connectivity index (χ2v) is 9.42. The predicted molar refractivity (Wildman–Crippen MR) is 166 cm³/mol. The molecule has 4 heterocycles. The van der Waals surface area contributed by atoms with Crippen molar-refractivity contribution in [1.82, 2.24) is 10.6 Å². The van der Waals surface area contributed by atoms with E-state index in [2.05, 4.69) is 22.6 Å². The molecular formula is C32H28N4O12. The van der Waals surface area contributed by atoms with Crippen LogP contribution in [0.1, 0.15) is 13.8 Å². The molecule has 8 amide bonds. The molecule has 0 saturated heterocycles. The van der Waals surface area contributed by atoms with E-state index in [1.807, 2.05) is 10.6 Å². The Balaban J connectivity index is 0.000000247. The number of esters is 2. The first kappa shape index (κ1) is 37.3. The summed E-state index contributed by atoms with van der Waals surface area (Å²) in [6, 6.07) is 6.14. The summed E-state index contributed by atoms with van der Waals surface area (Å²) in [7, 11) is 0. The first-order valence-corrected chi connectivity index (χ1v) is 13.5. The van der Waals surface area contributed by atoms with E-state index in [0.717, 1.165) is 9.80 Å². The molecule has 0 saturated carbocycles. The van der Waals surface area contributed by atoms with Crippen LogP contribution in [0, 0.1) is 0 Å². The highest BCUT2D eigenvalue weighted by Crippen LogP contribution is 2.26. The van der Waals surface area contributed by atoms with Crippen molar-refractivity contribution in [2.45, 2.75) is 13.8 Å². The molecule has 4 aliphatic rings. The summed E-state index contributed by atoms with van der Waals surface area (Å²) in [6.45, 7) is 9.95. The molecule has 16 heteroatoms. The number of nitrogens with zero attached hydrogens (tertiary/aromatic N) is 2. The van der Waals surface area contributed by atoms with Crippen LogP contribution in [-0.4, -0.2) is 72.4 Å². The first-order valence-electron chi connectivity index (χ1n) is 13.5. The van der Waals surface area contributed by atoms with Gasteiger partial charge in [0.1, 0.15) is 13.2 Å². The molecule has 0 radical (unpaired) electrons. The van der Waals surface area contributed by atoms with Crippen LogP contribution in [0.2, 0.25) is 0 Å². The van der Waals surface area contributed by atoms with Gasteiger partial charge in [0.05, 0.1) is 11.4 Å². The van der Waals surface area contributed by atoms with Gasteiger partial charge in [-0.2, -0.15) is 0 Å². The molecule has 0 unspecified atom stereocenters. The second-order valence-electron chi connectivity index (χ2n) is 9.42. The molecule has 16 nitrogen and oxygen atoms in total. The lowest BCUT2D eigenvalue weighted by Crippen LogP contribution is -2.31. The third-order valence-electron chi connectivity index (χ3n) is 5.48. The van der Waals surface area contributed by atoms with Crippen molar-refractivity contribution in [3.8, 4) is 0 Å². The fourth-order valence-electron chi connectivity index (χ4n) is 3.31. The Kier molecular flexibility index (Phi) is 13.7. The number of nitrogens with one attached hydrogen (secondary N) is 2. The molecule has 0 bridgehead atoms. The number of amides is 8. The number of ether oxygens (including phenoxy) is 2. The second kappa shape index (κ2) is 17.6. The summed E-state index contributed by atoms with van der Waals surface area (Å²) < 4.78 is 9.38. The summed E-state index contributed by atoms with van der Waals surface area (Å²) in [6.07, 6.45) is 9.46. The maximum absolute atomic E-state index is 11.6. The number of imide groups is 4. The summed E-state index contributed by atoms with van der Waals surface area (Å²) in [5, 5.41) is 4.06. The zero-order valence-corrected chi connectivity index (χ0v) is 25.6. The summed E-state index contributed by atoms with van der Waals surface area (Å²) >= 11 is 0. The Morgan fingerprint density at radius 2 is 0.854 bits per heavy atom. The number of rotatable bonds is 7. The molecule has 48 heavy (non-hydrogen) atoms. The summed E-state index contributed by atoms with van der Waals surface area (Å²) in [5.74, 6) is -4.11. The fourth-order valence-corrected chi connectivity index (χ4v) is 3.31. The molecule has 0 atom stereocenters. The molecular weight excluding hydrogens is 632 g/mol. The molecule has 1 aromatic carbocycles. The van der Waals surface area contributed by atoms with Gasteiger partial charge >= 0.3 is 11.9 Å². The van der Waals surface area contributed by atoms with Crippen LogP contribution >= 0.6 is 0 Å². The van der Waals surface area contributed by atoms with Gasteiger partial charge in [-0.15, -0.1) is 0 Å². The van der Waals surface area contributed by atoms with Gasteiger partial charge in [-0.3, -0.25) is 49.0 Å². The van der Waals surface area contributed by atoms with Crippen LogP contribution in [0.3, 0.4) is 0 Å². The lowest BCUT2D eigenvalue weighted by Gasteiger charge is -2.18. The normalized spacial score (nSPS) is 15.2. The van der Waals surface area contributed by atoms with E-state index in [4.69, 9.17) is 0 Å². The Labute approximate surface area is 272 Å². The van der Waals surface area contributed by atoms with Gasteiger partial charge in [-0.05, 0) is 32.0 Å². The number of carbonyl (C=O) groups is 10. The zero-order chi connectivity index (χ0) is 36.0. The number of anilines is 2. The van der Waals surface area contributed by atoms with Crippen LogP contribution in [0.25, 0.3) is 0 Å². The standard InChI is InChI=1S/C14H8N2O4.C10H14O4.2C4H3NO2/c17-11-4-5-12(18)15(11)9-2-1-3-10(8-9)16-13(19)6-7-14(16)20;1-7(2)9(11)13-5-6-14-10(12)8(3)4;2*6-3-1-2-4(7)5-3/h1-8H;1,3,5-6H2,2,4H3;2*1-2H,(H,5,6,7). The number of benzene rings is 1. The summed E-state index contributed by atoms with van der Waals surface area (Å²) in [4.78, 5) is 110. The van der Waals surface area contributed by atoms with Gasteiger partial charge in [0.15, 0.2) is 0 Å². The van der Waals surface area contributed by atoms with E-state index >= 15 is 0 Å².